The van der Waals surface area contributed by atoms with Crippen molar-refractivity contribution < 1.29 is 23.7 Å². The van der Waals surface area contributed by atoms with E-state index in [2.05, 4.69) is 49.8 Å². The molecule has 0 atom stereocenters. The third-order valence-corrected chi connectivity index (χ3v) is 5.37. The van der Waals surface area contributed by atoms with E-state index in [0.29, 0.717) is 69.0 Å². The van der Waals surface area contributed by atoms with Gasteiger partial charge < -0.3 is 29.6 Å². The van der Waals surface area contributed by atoms with Gasteiger partial charge in [0.2, 0.25) is 5.91 Å². The number of amides is 1. The summed E-state index contributed by atoms with van der Waals surface area (Å²) in [6.07, 6.45) is 2.69. The lowest BCUT2D eigenvalue weighted by molar-refractivity contribution is -0.111. The molecule has 10 heteroatoms. The van der Waals surface area contributed by atoms with Gasteiger partial charge in [0.1, 0.15) is 24.5 Å². The van der Waals surface area contributed by atoms with Crippen LogP contribution in [0, 0.1) is 3.57 Å². The molecule has 0 bridgehead atoms. The summed E-state index contributed by atoms with van der Waals surface area (Å²) in [7, 11) is 0. The molecule has 0 saturated carbocycles. The summed E-state index contributed by atoms with van der Waals surface area (Å²) in [5, 5.41) is 6.85. The molecule has 1 heterocycles. The van der Waals surface area contributed by atoms with Crippen molar-refractivity contribution in [3.8, 4) is 5.75 Å². The van der Waals surface area contributed by atoms with Gasteiger partial charge in [0.05, 0.1) is 44.2 Å². The van der Waals surface area contributed by atoms with Gasteiger partial charge >= 0.3 is 0 Å². The number of anilines is 3. The Morgan fingerprint density at radius 2 is 1.77 bits per heavy atom. The first-order valence-electron chi connectivity index (χ1n) is 11.2. The van der Waals surface area contributed by atoms with E-state index < -0.39 is 0 Å². The van der Waals surface area contributed by atoms with Gasteiger partial charge in [-0.1, -0.05) is 12.6 Å². The van der Waals surface area contributed by atoms with Crippen molar-refractivity contribution >= 4 is 56.6 Å². The van der Waals surface area contributed by atoms with Crippen LogP contribution in [0.3, 0.4) is 0 Å². The zero-order valence-electron chi connectivity index (χ0n) is 19.6. The SMILES string of the molecule is C=CC(=O)Nc1cc2c(Nc3cccc(I)c3)ncnc2cc1OCCOCCOCCOCC. The molecule has 9 nitrogen and oxygen atoms in total. The Bertz CT molecular complexity index is 1130. The van der Waals surface area contributed by atoms with Crippen molar-refractivity contribution in [2.24, 2.45) is 0 Å². The smallest absolute Gasteiger partial charge is 0.247 e. The molecule has 0 unspecified atom stereocenters. The maximum atomic E-state index is 12.0. The van der Waals surface area contributed by atoms with Gasteiger partial charge in [-0.25, -0.2) is 9.97 Å². The highest BCUT2D eigenvalue weighted by Gasteiger charge is 2.13. The van der Waals surface area contributed by atoms with Crippen LogP contribution in [-0.4, -0.2) is 62.1 Å². The van der Waals surface area contributed by atoms with Crippen LogP contribution in [0.25, 0.3) is 10.9 Å². The quantitative estimate of drug-likeness (QED) is 0.151. The Kier molecular flexibility index (Phi) is 11.2. The van der Waals surface area contributed by atoms with E-state index in [4.69, 9.17) is 18.9 Å². The van der Waals surface area contributed by atoms with Crippen LogP contribution in [0.15, 0.2) is 55.4 Å². The number of benzene rings is 2. The number of carbonyl (C=O) groups is 1. The number of nitrogens with one attached hydrogen (secondary N) is 2. The summed E-state index contributed by atoms with van der Waals surface area (Å²) in [6, 6.07) is 11.5. The number of nitrogens with zero attached hydrogens (tertiary/aromatic N) is 2. The van der Waals surface area contributed by atoms with E-state index in [1.807, 2.05) is 31.2 Å². The average Bonchev–Trinajstić information content (AvgIpc) is 2.85. The molecule has 0 radical (unpaired) electrons. The Labute approximate surface area is 218 Å². The second kappa shape index (κ2) is 14.6. The highest BCUT2D eigenvalue weighted by molar-refractivity contribution is 14.1. The molecule has 35 heavy (non-hydrogen) atoms. The number of aromatic nitrogens is 2. The summed E-state index contributed by atoms with van der Waals surface area (Å²) in [5.41, 5.74) is 2.05. The lowest BCUT2D eigenvalue weighted by atomic mass is 10.1. The van der Waals surface area contributed by atoms with Crippen LogP contribution in [-0.2, 0) is 19.0 Å². The van der Waals surface area contributed by atoms with Gasteiger partial charge in [0.25, 0.3) is 0 Å². The lowest BCUT2D eigenvalue weighted by Crippen LogP contribution is -2.14. The van der Waals surface area contributed by atoms with Gasteiger partial charge in [-0.3, -0.25) is 4.79 Å². The number of carbonyl (C=O) groups excluding carboxylic acids is 1. The molecule has 1 amide bonds. The van der Waals surface area contributed by atoms with Gasteiger partial charge in [-0.15, -0.1) is 0 Å². The molecule has 0 aliphatic carbocycles. The van der Waals surface area contributed by atoms with E-state index in [-0.39, 0.29) is 5.91 Å². The van der Waals surface area contributed by atoms with Crippen molar-refractivity contribution in [1.82, 2.24) is 9.97 Å². The topological polar surface area (TPSA) is 104 Å². The van der Waals surface area contributed by atoms with Crippen LogP contribution < -0.4 is 15.4 Å². The summed E-state index contributed by atoms with van der Waals surface area (Å²) < 4.78 is 23.2. The molecular formula is C25H29IN4O5. The van der Waals surface area contributed by atoms with Crippen molar-refractivity contribution in [3.05, 3.63) is 59.0 Å². The molecule has 3 rings (SSSR count). The molecule has 0 spiro atoms. The number of fused-ring (bicyclic) bond motifs is 1. The van der Waals surface area contributed by atoms with Crippen molar-refractivity contribution in [2.75, 3.05) is 56.9 Å². The molecule has 2 aromatic carbocycles. The van der Waals surface area contributed by atoms with E-state index in [9.17, 15) is 4.79 Å². The highest BCUT2D eigenvalue weighted by Crippen LogP contribution is 2.33. The standard InChI is InChI=1S/C25H29IN4O5/c1-3-24(31)30-22-15-20-21(27-17-28-25(20)29-19-7-5-6-18(26)14-19)16-23(22)35-13-12-34-11-10-33-9-8-32-4-2/h3,5-7,14-17H,1,4,8-13H2,2H3,(H,30,31)(H,27,28,29). The lowest BCUT2D eigenvalue weighted by Gasteiger charge is -2.15. The minimum Gasteiger partial charge on any atom is -0.489 e. The molecule has 0 saturated heterocycles. The minimum atomic E-state index is -0.348. The van der Waals surface area contributed by atoms with Crippen molar-refractivity contribution in [3.63, 3.8) is 0 Å². The fourth-order valence-electron chi connectivity index (χ4n) is 3.08. The molecule has 2 N–H and O–H groups in total. The number of ether oxygens (including phenoxy) is 4. The van der Waals surface area contributed by atoms with Crippen molar-refractivity contribution in [1.29, 1.82) is 0 Å². The Hall–Kier alpha value is -2.80. The fraction of sp³-hybridized carbons (Fsp3) is 0.320. The first-order chi connectivity index (χ1) is 17.1. The third-order valence-electron chi connectivity index (χ3n) is 4.70. The predicted octanol–water partition coefficient (Wildman–Crippen LogP) is 4.55. The summed E-state index contributed by atoms with van der Waals surface area (Å²) >= 11 is 2.25. The maximum absolute atomic E-state index is 12.0. The van der Waals surface area contributed by atoms with Gasteiger partial charge in [-0.2, -0.15) is 0 Å². The third kappa shape index (κ3) is 8.73. The minimum absolute atomic E-state index is 0.292. The van der Waals surface area contributed by atoms with Gasteiger partial charge in [-0.05, 0) is 59.9 Å². The Balaban J connectivity index is 1.67. The van der Waals surface area contributed by atoms with Crippen LogP contribution in [0.1, 0.15) is 6.92 Å². The molecule has 0 fully saturated rings. The van der Waals surface area contributed by atoms with Gasteiger partial charge in [0.15, 0.2) is 0 Å². The molecule has 186 valence electrons. The zero-order valence-corrected chi connectivity index (χ0v) is 21.7. The summed E-state index contributed by atoms with van der Waals surface area (Å²) in [6.45, 7) is 8.86. The summed E-state index contributed by atoms with van der Waals surface area (Å²) in [4.78, 5) is 20.8. The van der Waals surface area contributed by atoms with Crippen LogP contribution >= 0.6 is 22.6 Å². The van der Waals surface area contributed by atoms with Crippen LogP contribution in [0.2, 0.25) is 0 Å². The Morgan fingerprint density at radius 3 is 2.49 bits per heavy atom. The van der Waals surface area contributed by atoms with E-state index in [0.717, 1.165) is 14.6 Å². The first-order valence-corrected chi connectivity index (χ1v) is 12.3. The largest absolute Gasteiger partial charge is 0.489 e. The van der Waals surface area contributed by atoms with Crippen molar-refractivity contribution in [2.45, 2.75) is 6.92 Å². The summed E-state index contributed by atoms with van der Waals surface area (Å²) in [5.74, 6) is 0.743. The molecular weight excluding hydrogens is 563 g/mol. The normalized spacial score (nSPS) is 10.8. The molecule has 0 aliphatic rings. The second-order valence-electron chi connectivity index (χ2n) is 7.19. The van der Waals surface area contributed by atoms with E-state index >= 15 is 0 Å². The van der Waals surface area contributed by atoms with E-state index in [1.54, 1.807) is 12.1 Å². The number of hydrogen-bond acceptors (Lipinski definition) is 8. The number of hydrogen-bond donors (Lipinski definition) is 2. The molecule has 1 aromatic heterocycles. The number of halogens is 1. The number of rotatable bonds is 15. The molecule has 3 aromatic rings. The van der Waals surface area contributed by atoms with Gasteiger partial charge in [0, 0.05) is 27.3 Å². The first kappa shape index (κ1) is 26.8. The highest BCUT2D eigenvalue weighted by atomic mass is 127. The average molecular weight is 592 g/mol. The second-order valence-corrected chi connectivity index (χ2v) is 8.43. The van der Waals surface area contributed by atoms with E-state index in [1.165, 1.54) is 12.4 Å². The zero-order chi connectivity index (χ0) is 24.9. The van der Waals surface area contributed by atoms with Crippen LogP contribution in [0.5, 0.6) is 5.75 Å². The molecule has 0 aliphatic heterocycles. The predicted molar refractivity (Wildman–Crippen MR) is 144 cm³/mol. The van der Waals surface area contributed by atoms with Crippen LogP contribution in [0.4, 0.5) is 17.2 Å². The monoisotopic (exact) mass is 592 g/mol. The fourth-order valence-corrected chi connectivity index (χ4v) is 3.63. The Morgan fingerprint density at radius 1 is 1.03 bits per heavy atom. The maximum Gasteiger partial charge on any atom is 0.247 e.